The third kappa shape index (κ3) is 2.97. The Morgan fingerprint density at radius 2 is 2.15 bits per heavy atom. The van der Waals surface area contributed by atoms with Crippen LogP contribution in [0.2, 0.25) is 0 Å². The predicted octanol–water partition coefficient (Wildman–Crippen LogP) is 2.22. The van der Waals surface area contributed by atoms with Gasteiger partial charge in [-0.15, -0.1) is 0 Å². The van der Waals surface area contributed by atoms with Gasteiger partial charge in [-0.05, 0) is 43.7 Å². The highest BCUT2D eigenvalue weighted by molar-refractivity contribution is 5.91. The maximum absolute atomic E-state index is 13.1. The number of amides is 1. The number of nitrogens with one attached hydrogen (secondary N) is 1. The van der Waals surface area contributed by atoms with Gasteiger partial charge in [0.1, 0.15) is 23.9 Å². The largest absolute Gasteiger partial charge is 0.489 e. The number of carbonyl (C=O) groups is 1. The third-order valence-corrected chi connectivity index (χ3v) is 2.90. The normalized spacial score (nSPS) is 10.4. The molecule has 0 aliphatic heterocycles. The van der Waals surface area contributed by atoms with Crippen LogP contribution in [0.5, 0.6) is 5.75 Å². The van der Waals surface area contributed by atoms with E-state index in [1.165, 1.54) is 6.07 Å². The van der Waals surface area contributed by atoms with Crippen molar-refractivity contribution in [3.63, 3.8) is 0 Å². The molecule has 0 saturated carbocycles. The van der Waals surface area contributed by atoms with Crippen molar-refractivity contribution in [1.29, 1.82) is 0 Å². The lowest BCUT2D eigenvalue weighted by Crippen LogP contribution is -2.29. The van der Waals surface area contributed by atoms with E-state index in [0.29, 0.717) is 17.1 Å². The summed E-state index contributed by atoms with van der Waals surface area (Å²) in [6, 6.07) is 6.07. The van der Waals surface area contributed by atoms with Crippen LogP contribution in [0.25, 0.3) is 0 Å². The van der Waals surface area contributed by atoms with Gasteiger partial charge in [0.2, 0.25) is 0 Å². The highest BCUT2D eigenvalue weighted by atomic mass is 19.1. The van der Waals surface area contributed by atoms with E-state index in [0.717, 1.165) is 5.56 Å². The summed E-state index contributed by atoms with van der Waals surface area (Å²) >= 11 is 0. The zero-order valence-electron chi connectivity index (χ0n) is 11.2. The first-order valence-electron chi connectivity index (χ1n) is 6.00. The van der Waals surface area contributed by atoms with E-state index in [4.69, 9.17) is 15.0 Å². The molecule has 1 aromatic carbocycles. The van der Waals surface area contributed by atoms with Crippen molar-refractivity contribution < 1.29 is 18.3 Å². The lowest BCUT2D eigenvalue weighted by molar-refractivity contribution is 0.0924. The van der Waals surface area contributed by atoms with E-state index < -0.39 is 5.91 Å². The fourth-order valence-electron chi connectivity index (χ4n) is 1.71. The molecule has 0 aliphatic rings. The van der Waals surface area contributed by atoms with Gasteiger partial charge < -0.3 is 9.15 Å². The maximum atomic E-state index is 13.1. The van der Waals surface area contributed by atoms with Crippen molar-refractivity contribution in [1.82, 2.24) is 5.43 Å². The third-order valence-electron chi connectivity index (χ3n) is 2.90. The summed E-state index contributed by atoms with van der Waals surface area (Å²) in [5, 5.41) is 0. The standard InChI is InChI=1S/C14H15FN2O3/c1-8-5-11(3-4-12(8)15)19-7-10-6-13(14(18)17-16)20-9(10)2/h3-6H,7,16H2,1-2H3,(H,17,18). The molecule has 106 valence electrons. The summed E-state index contributed by atoms with van der Waals surface area (Å²) in [6.07, 6.45) is 0. The number of aryl methyl sites for hydroxylation is 2. The quantitative estimate of drug-likeness (QED) is 0.510. The number of nitrogens with two attached hydrogens (primary N) is 1. The monoisotopic (exact) mass is 278 g/mol. The van der Waals surface area contributed by atoms with E-state index in [2.05, 4.69) is 0 Å². The minimum atomic E-state index is -0.503. The second kappa shape index (κ2) is 5.75. The molecular formula is C14H15FN2O3. The van der Waals surface area contributed by atoms with Crippen molar-refractivity contribution in [3.05, 3.63) is 52.7 Å². The first-order valence-corrected chi connectivity index (χ1v) is 6.00. The van der Waals surface area contributed by atoms with Gasteiger partial charge in [0, 0.05) is 5.56 Å². The van der Waals surface area contributed by atoms with Crippen molar-refractivity contribution in [2.75, 3.05) is 0 Å². The molecule has 0 fully saturated rings. The fraction of sp³-hybridized carbons (Fsp3) is 0.214. The number of rotatable bonds is 4. The molecule has 20 heavy (non-hydrogen) atoms. The van der Waals surface area contributed by atoms with Gasteiger partial charge in [-0.1, -0.05) is 0 Å². The Kier molecular flexibility index (Phi) is 4.05. The van der Waals surface area contributed by atoms with Gasteiger partial charge in [0.05, 0.1) is 0 Å². The van der Waals surface area contributed by atoms with Crippen LogP contribution in [0.3, 0.4) is 0 Å². The Morgan fingerprint density at radius 1 is 1.40 bits per heavy atom. The van der Waals surface area contributed by atoms with Gasteiger partial charge in [0.15, 0.2) is 5.76 Å². The first kappa shape index (κ1) is 14.1. The van der Waals surface area contributed by atoms with Crippen LogP contribution in [-0.4, -0.2) is 5.91 Å². The molecule has 1 heterocycles. The Morgan fingerprint density at radius 3 is 2.80 bits per heavy atom. The summed E-state index contributed by atoms with van der Waals surface area (Å²) in [7, 11) is 0. The molecule has 0 aliphatic carbocycles. The van der Waals surface area contributed by atoms with Crippen LogP contribution in [0.1, 0.15) is 27.4 Å². The SMILES string of the molecule is Cc1cc(OCc2cc(C(=O)NN)oc2C)ccc1F. The van der Waals surface area contributed by atoms with E-state index in [-0.39, 0.29) is 18.2 Å². The molecule has 2 rings (SSSR count). The zero-order valence-corrected chi connectivity index (χ0v) is 11.2. The predicted molar refractivity (Wildman–Crippen MR) is 70.6 cm³/mol. The molecule has 2 aromatic rings. The van der Waals surface area contributed by atoms with E-state index in [1.54, 1.807) is 32.0 Å². The van der Waals surface area contributed by atoms with E-state index in [9.17, 15) is 9.18 Å². The van der Waals surface area contributed by atoms with Crippen molar-refractivity contribution in [2.24, 2.45) is 5.84 Å². The van der Waals surface area contributed by atoms with Crippen LogP contribution in [0.15, 0.2) is 28.7 Å². The lowest BCUT2D eigenvalue weighted by Gasteiger charge is -2.06. The number of carbonyl (C=O) groups excluding carboxylic acids is 1. The van der Waals surface area contributed by atoms with Crippen LogP contribution in [-0.2, 0) is 6.61 Å². The van der Waals surface area contributed by atoms with Crippen LogP contribution < -0.4 is 16.0 Å². The summed E-state index contributed by atoms with van der Waals surface area (Å²) in [6.45, 7) is 3.61. The molecular weight excluding hydrogens is 263 g/mol. The Balaban J connectivity index is 2.08. The van der Waals surface area contributed by atoms with Gasteiger partial charge in [0.25, 0.3) is 0 Å². The van der Waals surface area contributed by atoms with Crippen molar-refractivity contribution in [2.45, 2.75) is 20.5 Å². The van der Waals surface area contributed by atoms with Gasteiger partial charge in [-0.3, -0.25) is 10.2 Å². The summed E-state index contributed by atoms with van der Waals surface area (Å²) in [5.41, 5.74) is 3.23. The van der Waals surface area contributed by atoms with Gasteiger partial charge in [-0.25, -0.2) is 10.2 Å². The van der Waals surface area contributed by atoms with Crippen molar-refractivity contribution >= 4 is 5.91 Å². The number of hydrazine groups is 1. The van der Waals surface area contributed by atoms with Crippen LogP contribution >= 0.6 is 0 Å². The molecule has 1 amide bonds. The minimum absolute atomic E-state index is 0.124. The van der Waals surface area contributed by atoms with Crippen molar-refractivity contribution in [3.8, 4) is 5.75 Å². The first-order chi connectivity index (χ1) is 9.51. The van der Waals surface area contributed by atoms with E-state index in [1.807, 2.05) is 5.43 Å². The highest BCUT2D eigenvalue weighted by Crippen LogP contribution is 2.20. The molecule has 6 heteroatoms. The smallest absolute Gasteiger partial charge is 0.300 e. The number of ether oxygens (including phenoxy) is 1. The number of furan rings is 1. The molecule has 0 bridgehead atoms. The molecule has 0 radical (unpaired) electrons. The number of nitrogen functional groups attached to an aromatic ring is 1. The van der Waals surface area contributed by atoms with Gasteiger partial charge >= 0.3 is 5.91 Å². The molecule has 0 atom stereocenters. The van der Waals surface area contributed by atoms with Crippen LogP contribution in [0.4, 0.5) is 4.39 Å². The Bertz CT molecular complexity index is 637. The van der Waals surface area contributed by atoms with Gasteiger partial charge in [-0.2, -0.15) is 0 Å². The Labute approximate surface area is 115 Å². The number of hydrogen-bond donors (Lipinski definition) is 2. The Hall–Kier alpha value is -2.34. The summed E-state index contributed by atoms with van der Waals surface area (Å²) in [4.78, 5) is 11.3. The summed E-state index contributed by atoms with van der Waals surface area (Å²) < 4.78 is 23.9. The second-order valence-corrected chi connectivity index (χ2v) is 4.37. The number of halogens is 1. The average Bonchev–Trinajstić information content (AvgIpc) is 2.80. The molecule has 0 saturated heterocycles. The zero-order chi connectivity index (χ0) is 14.7. The maximum Gasteiger partial charge on any atom is 0.300 e. The molecule has 3 N–H and O–H groups in total. The summed E-state index contributed by atoms with van der Waals surface area (Å²) in [5.74, 6) is 5.50. The second-order valence-electron chi connectivity index (χ2n) is 4.37. The lowest BCUT2D eigenvalue weighted by atomic mass is 10.2. The fourth-order valence-corrected chi connectivity index (χ4v) is 1.71. The number of hydrogen-bond acceptors (Lipinski definition) is 4. The van der Waals surface area contributed by atoms with E-state index >= 15 is 0 Å². The highest BCUT2D eigenvalue weighted by Gasteiger charge is 2.13. The van der Waals surface area contributed by atoms with Crippen LogP contribution in [0, 0.1) is 19.7 Å². The minimum Gasteiger partial charge on any atom is -0.489 e. The number of benzene rings is 1. The molecule has 5 nitrogen and oxygen atoms in total. The molecule has 0 spiro atoms. The molecule has 0 unspecified atom stereocenters. The molecule has 1 aromatic heterocycles. The average molecular weight is 278 g/mol. The topological polar surface area (TPSA) is 77.5 Å².